The van der Waals surface area contributed by atoms with Gasteiger partial charge in [-0.2, -0.15) is 13.2 Å². The fourth-order valence-electron chi connectivity index (χ4n) is 2.21. The summed E-state index contributed by atoms with van der Waals surface area (Å²) in [6, 6.07) is 11.8. The van der Waals surface area contributed by atoms with Gasteiger partial charge < -0.3 is 20.7 Å². The molecule has 0 atom stereocenters. The third-order valence-corrected chi connectivity index (χ3v) is 3.61. The molecule has 0 saturated carbocycles. The number of alkyl halides is 3. The van der Waals surface area contributed by atoms with Crippen LogP contribution in [-0.2, 0) is 17.9 Å². The molecule has 0 aliphatic heterocycles. The second kappa shape index (κ2) is 10.9. The summed E-state index contributed by atoms with van der Waals surface area (Å²) in [7, 11) is 0. The smallest absolute Gasteiger partial charge is 0.422 e. The van der Waals surface area contributed by atoms with Crippen LogP contribution in [0.15, 0.2) is 48.7 Å². The number of nitrogens with one attached hydrogen (secondary N) is 3. The summed E-state index contributed by atoms with van der Waals surface area (Å²) >= 11 is 0. The maximum Gasteiger partial charge on any atom is 0.422 e. The number of ether oxygens (including phenoxy) is 1. The lowest BCUT2D eigenvalue weighted by Crippen LogP contribution is -2.37. The number of hydrogen-bond donors (Lipinski definition) is 3. The van der Waals surface area contributed by atoms with Crippen LogP contribution in [0.2, 0.25) is 0 Å². The van der Waals surface area contributed by atoms with Crippen LogP contribution in [0, 0.1) is 0 Å². The van der Waals surface area contributed by atoms with Crippen LogP contribution in [0.1, 0.15) is 17.5 Å². The van der Waals surface area contributed by atoms with E-state index in [9.17, 15) is 22.8 Å². The van der Waals surface area contributed by atoms with Crippen molar-refractivity contribution in [2.75, 3.05) is 13.2 Å². The second-order valence-electron chi connectivity index (χ2n) is 6.03. The Morgan fingerprint density at radius 3 is 2.41 bits per heavy atom. The Hall–Kier alpha value is -3.30. The van der Waals surface area contributed by atoms with Crippen molar-refractivity contribution in [1.82, 2.24) is 20.9 Å². The lowest BCUT2D eigenvalue weighted by molar-refractivity contribution is -0.154. The topological polar surface area (TPSA) is 92.4 Å². The largest absolute Gasteiger partial charge is 0.468 e. The van der Waals surface area contributed by atoms with Gasteiger partial charge in [-0.3, -0.25) is 4.79 Å². The van der Waals surface area contributed by atoms with Gasteiger partial charge in [-0.15, -0.1) is 0 Å². The molecule has 3 N–H and O–H groups in total. The summed E-state index contributed by atoms with van der Waals surface area (Å²) in [6.45, 7) is -0.823. The minimum absolute atomic E-state index is 0.0664. The van der Waals surface area contributed by atoms with Gasteiger partial charge in [0, 0.05) is 38.3 Å². The summed E-state index contributed by atoms with van der Waals surface area (Å²) in [5.74, 6) is -0.383. The number of carbonyl (C=O) groups excluding carboxylic acids is 2. The van der Waals surface area contributed by atoms with Gasteiger partial charge in [-0.1, -0.05) is 30.3 Å². The predicted molar refractivity (Wildman–Crippen MR) is 98.9 cm³/mol. The standard InChI is InChI=1S/C19H21F3N4O3/c20-19(21,22)13-29-17-10-15(6-8-23-17)12-26-18(28)24-9-7-16(27)25-11-14-4-2-1-3-5-14/h1-6,8,10H,7,9,11-13H2,(H,25,27)(H2,24,26,28). The van der Waals surface area contributed by atoms with Crippen molar-refractivity contribution in [3.8, 4) is 5.88 Å². The Bertz CT molecular complexity index is 801. The number of rotatable bonds is 9. The number of carbonyl (C=O) groups is 2. The number of urea groups is 1. The second-order valence-corrected chi connectivity index (χ2v) is 6.03. The van der Waals surface area contributed by atoms with Crippen LogP contribution in [0.5, 0.6) is 5.88 Å². The SMILES string of the molecule is O=C(CCNC(=O)NCc1ccnc(OCC(F)(F)F)c1)NCc1ccccc1. The molecule has 0 spiro atoms. The Morgan fingerprint density at radius 2 is 1.69 bits per heavy atom. The van der Waals surface area contributed by atoms with Crippen molar-refractivity contribution in [3.05, 3.63) is 59.8 Å². The fraction of sp³-hybridized carbons (Fsp3) is 0.316. The molecule has 0 aliphatic rings. The monoisotopic (exact) mass is 410 g/mol. The molecule has 2 rings (SSSR count). The number of halogens is 3. The zero-order chi connectivity index (χ0) is 21.1. The van der Waals surface area contributed by atoms with Crippen LogP contribution >= 0.6 is 0 Å². The van der Waals surface area contributed by atoms with Crippen LogP contribution in [0.4, 0.5) is 18.0 Å². The molecule has 156 valence electrons. The molecule has 3 amide bonds. The molecule has 0 radical (unpaired) electrons. The van der Waals surface area contributed by atoms with Gasteiger partial charge in [-0.25, -0.2) is 9.78 Å². The number of pyridine rings is 1. The third kappa shape index (κ3) is 9.45. The highest BCUT2D eigenvalue weighted by molar-refractivity contribution is 5.78. The molecular formula is C19H21F3N4O3. The minimum atomic E-state index is -4.46. The normalized spacial score (nSPS) is 10.9. The average molecular weight is 410 g/mol. The van der Waals surface area contributed by atoms with Gasteiger partial charge in [0.05, 0.1) is 0 Å². The molecule has 0 aliphatic carbocycles. The molecule has 1 aromatic carbocycles. The Balaban J connectivity index is 1.63. The number of amides is 3. The van der Waals surface area contributed by atoms with Crippen LogP contribution in [-0.4, -0.2) is 36.3 Å². The van der Waals surface area contributed by atoms with E-state index in [1.807, 2.05) is 30.3 Å². The molecule has 0 unspecified atom stereocenters. The van der Waals surface area contributed by atoms with E-state index in [-0.39, 0.29) is 31.3 Å². The third-order valence-electron chi connectivity index (χ3n) is 3.61. The summed E-state index contributed by atoms with van der Waals surface area (Å²) in [5, 5.41) is 7.83. The first-order valence-corrected chi connectivity index (χ1v) is 8.78. The van der Waals surface area contributed by atoms with Crippen molar-refractivity contribution in [3.63, 3.8) is 0 Å². The lowest BCUT2D eigenvalue weighted by atomic mass is 10.2. The molecular weight excluding hydrogens is 389 g/mol. The van der Waals surface area contributed by atoms with Crippen LogP contribution in [0.3, 0.4) is 0 Å². The van der Waals surface area contributed by atoms with E-state index in [2.05, 4.69) is 25.7 Å². The number of hydrogen-bond acceptors (Lipinski definition) is 4. The van der Waals surface area contributed by atoms with E-state index in [0.717, 1.165) is 5.56 Å². The zero-order valence-electron chi connectivity index (χ0n) is 15.5. The van der Waals surface area contributed by atoms with Gasteiger partial charge in [0.1, 0.15) is 0 Å². The molecule has 0 fully saturated rings. The molecule has 10 heteroatoms. The van der Waals surface area contributed by atoms with Crippen molar-refractivity contribution in [1.29, 1.82) is 0 Å². The highest BCUT2D eigenvalue weighted by atomic mass is 19.4. The first-order chi connectivity index (χ1) is 13.8. The van der Waals surface area contributed by atoms with E-state index in [1.165, 1.54) is 18.3 Å². The van der Waals surface area contributed by atoms with E-state index < -0.39 is 18.8 Å². The molecule has 0 bridgehead atoms. The molecule has 29 heavy (non-hydrogen) atoms. The van der Waals surface area contributed by atoms with E-state index in [0.29, 0.717) is 12.1 Å². The zero-order valence-corrected chi connectivity index (χ0v) is 15.5. The molecule has 1 aromatic heterocycles. The van der Waals surface area contributed by atoms with Gasteiger partial charge >= 0.3 is 12.2 Å². The van der Waals surface area contributed by atoms with E-state index >= 15 is 0 Å². The molecule has 2 aromatic rings. The van der Waals surface area contributed by atoms with Gasteiger partial charge in [0.2, 0.25) is 11.8 Å². The van der Waals surface area contributed by atoms with Crippen LogP contribution < -0.4 is 20.7 Å². The Labute approximate surface area is 165 Å². The summed E-state index contributed by atoms with van der Waals surface area (Å²) in [6.07, 6.45) is -3.05. The molecule has 1 heterocycles. The predicted octanol–water partition coefficient (Wildman–Crippen LogP) is 2.53. The average Bonchev–Trinajstić information content (AvgIpc) is 2.70. The maximum atomic E-state index is 12.2. The lowest BCUT2D eigenvalue weighted by Gasteiger charge is -2.10. The van der Waals surface area contributed by atoms with Crippen LogP contribution in [0.25, 0.3) is 0 Å². The quantitative estimate of drug-likeness (QED) is 0.592. The Morgan fingerprint density at radius 1 is 0.966 bits per heavy atom. The van der Waals surface area contributed by atoms with E-state index in [1.54, 1.807) is 0 Å². The first-order valence-electron chi connectivity index (χ1n) is 8.78. The number of nitrogens with zero attached hydrogens (tertiary/aromatic N) is 1. The van der Waals surface area contributed by atoms with E-state index in [4.69, 9.17) is 0 Å². The maximum absolute atomic E-state index is 12.2. The van der Waals surface area contributed by atoms with Crippen molar-refractivity contribution in [2.24, 2.45) is 0 Å². The fourth-order valence-corrected chi connectivity index (χ4v) is 2.21. The highest BCUT2D eigenvalue weighted by Gasteiger charge is 2.28. The number of benzene rings is 1. The number of aromatic nitrogens is 1. The highest BCUT2D eigenvalue weighted by Crippen LogP contribution is 2.17. The van der Waals surface area contributed by atoms with Crippen molar-refractivity contribution in [2.45, 2.75) is 25.7 Å². The van der Waals surface area contributed by atoms with Gasteiger partial charge in [0.15, 0.2) is 6.61 Å². The minimum Gasteiger partial charge on any atom is -0.468 e. The first kappa shape index (κ1) is 22.0. The van der Waals surface area contributed by atoms with Gasteiger partial charge in [-0.05, 0) is 17.2 Å². The summed E-state index contributed by atoms with van der Waals surface area (Å²) < 4.78 is 41.0. The van der Waals surface area contributed by atoms with Crippen molar-refractivity contribution < 1.29 is 27.5 Å². The van der Waals surface area contributed by atoms with Crippen molar-refractivity contribution >= 4 is 11.9 Å². The summed E-state index contributed by atoms with van der Waals surface area (Å²) in [4.78, 5) is 27.2. The molecule has 7 nitrogen and oxygen atoms in total. The Kier molecular flexibility index (Phi) is 8.26. The summed E-state index contributed by atoms with van der Waals surface area (Å²) in [5.41, 5.74) is 1.50. The van der Waals surface area contributed by atoms with Gasteiger partial charge in [0.25, 0.3) is 0 Å². The molecule has 0 saturated heterocycles.